The second-order valence-corrected chi connectivity index (χ2v) is 10.6. The Morgan fingerprint density at radius 1 is 1.03 bits per heavy atom. The van der Waals surface area contributed by atoms with E-state index in [1.54, 1.807) is 44.4 Å². The lowest BCUT2D eigenvalue weighted by molar-refractivity contribution is 0.0758. The number of nitrogens with one attached hydrogen (secondary N) is 1. The summed E-state index contributed by atoms with van der Waals surface area (Å²) >= 11 is 1.44. The number of hydrogen-bond acceptors (Lipinski definition) is 6. The standard InChI is InChI=1S/C24H32N2O5S2/c1-17(20-15-18(30-2)9-11-22(20)31-3)25-33(28,29)19-10-12-23(32-4)21(16-19)24(27)26-13-7-5-6-8-14-26/h9-12,15-17,25H,5-8,13-14H2,1-4H3/t17-/m0/s1. The molecule has 1 N–H and O–H groups in total. The molecule has 33 heavy (non-hydrogen) atoms. The van der Waals surface area contributed by atoms with Gasteiger partial charge in [-0.25, -0.2) is 13.1 Å². The van der Waals surface area contributed by atoms with E-state index in [1.807, 2.05) is 11.2 Å². The van der Waals surface area contributed by atoms with Crippen LogP contribution < -0.4 is 14.2 Å². The van der Waals surface area contributed by atoms with Crippen molar-refractivity contribution >= 4 is 27.7 Å². The molecular formula is C24H32N2O5S2. The van der Waals surface area contributed by atoms with Crippen molar-refractivity contribution < 1.29 is 22.7 Å². The van der Waals surface area contributed by atoms with Crippen LogP contribution >= 0.6 is 11.8 Å². The van der Waals surface area contributed by atoms with E-state index in [4.69, 9.17) is 9.47 Å². The number of sulfonamides is 1. The highest BCUT2D eigenvalue weighted by molar-refractivity contribution is 7.98. The number of hydrogen-bond donors (Lipinski definition) is 1. The van der Waals surface area contributed by atoms with Gasteiger partial charge in [-0.1, -0.05) is 12.8 Å². The van der Waals surface area contributed by atoms with Crippen molar-refractivity contribution in [3.05, 3.63) is 47.5 Å². The highest BCUT2D eigenvalue weighted by atomic mass is 32.2. The first kappa shape index (κ1) is 25.4. The largest absolute Gasteiger partial charge is 0.497 e. The third-order valence-corrected chi connectivity index (χ3v) is 8.17. The summed E-state index contributed by atoms with van der Waals surface area (Å²) in [4.78, 5) is 16.0. The van der Waals surface area contributed by atoms with E-state index in [-0.39, 0.29) is 10.8 Å². The monoisotopic (exact) mass is 492 g/mol. The normalized spacial score (nSPS) is 15.6. The van der Waals surface area contributed by atoms with E-state index in [9.17, 15) is 13.2 Å². The van der Waals surface area contributed by atoms with Crippen molar-refractivity contribution in [1.82, 2.24) is 9.62 Å². The maximum atomic E-state index is 13.3. The number of carbonyl (C=O) groups excluding carboxylic acids is 1. The Hall–Kier alpha value is -2.23. The zero-order valence-corrected chi connectivity index (χ0v) is 21.2. The molecule has 3 rings (SSSR count). The van der Waals surface area contributed by atoms with Crippen molar-refractivity contribution in [2.75, 3.05) is 33.6 Å². The Labute approximate surface area is 200 Å². The van der Waals surface area contributed by atoms with Gasteiger partial charge < -0.3 is 14.4 Å². The molecule has 0 aliphatic carbocycles. The van der Waals surface area contributed by atoms with Gasteiger partial charge in [0.25, 0.3) is 5.91 Å². The fraction of sp³-hybridized carbons (Fsp3) is 0.458. The third kappa shape index (κ3) is 6.02. The minimum atomic E-state index is -3.90. The highest BCUT2D eigenvalue weighted by Gasteiger charge is 2.25. The second kappa shape index (κ2) is 11.3. The van der Waals surface area contributed by atoms with Gasteiger partial charge in [0.05, 0.1) is 24.7 Å². The number of nitrogens with zero attached hydrogens (tertiary/aromatic N) is 1. The van der Waals surface area contributed by atoms with E-state index >= 15 is 0 Å². The maximum Gasteiger partial charge on any atom is 0.255 e. The summed E-state index contributed by atoms with van der Waals surface area (Å²) in [6, 6.07) is 9.42. The minimum absolute atomic E-state index is 0.0622. The van der Waals surface area contributed by atoms with Crippen molar-refractivity contribution in [2.24, 2.45) is 0 Å². The van der Waals surface area contributed by atoms with Gasteiger partial charge in [0.2, 0.25) is 10.0 Å². The van der Waals surface area contributed by atoms with Crippen LogP contribution in [0, 0.1) is 0 Å². The van der Waals surface area contributed by atoms with Gasteiger partial charge in [0.15, 0.2) is 0 Å². The van der Waals surface area contributed by atoms with E-state index in [0.717, 1.165) is 30.6 Å². The molecular weight excluding hydrogens is 460 g/mol. The molecule has 180 valence electrons. The van der Waals surface area contributed by atoms with Gasteiger partial charge in [-0.05, 0) is 62.4 Å². The van der Waals surface area contributed by atoms with Gasteiger partial charge in [-0.3, -0.25) is 4.79 Å². The van der Waals surface area contributed by atoms with E-state index < -0.39 is 16.1 Å². The third-order valence-electron chi connectivity index (χ3n) is 5.84. The minimum Gasteiger partial charge on any atom is -0.497 e. The SMILES string of the molecule is COc1ccc(OC)c([C@H](C)NS(=O)(=O)c2ccc(SC)c(C(=O)N3CCCCCC3)c2)c1. The molecule has 1 amide bonds. The zero-order valence-electron chi connectivity index (χ0n) is 19.6. The molecule has 0 unspecified atom stereocenters. The summed E-state index contributed by atoms with van der Waals surface area (Å²) in [6.07, 6.45) is 6.06. The molecule has 2 aromatic rings. The number of methoxy groups -OCH3 is 2. The van der Waals surface area contributed by atoms with Crippen LogP contribution in [0.25, 0.3) is 0 Å². The molecule has 1 saturated heterocycles. The number of likely N-dealkylation sites (tertiary alicyclic amines) is 1. The quantitative estimate of drug-likeness (QED) is 0.547. The molecule has 1 aliphatic heterocycles. The van der Waals surface area contributed by atoms with Gasteiger partial charge >= 0.3 is 0 Å². The molecule has 0 bridgehead atoms. The molecule has 9 heteroatoms. The average molecular weight is 493 g/mol. The number of ether oxygens (including phenoxy) is 2. The first-order valence-electron chi connectivity index (χ1n) is 11.0. The van der Waals surface area contributed by atoms with Gasteiger partial charge in [-0.15, -0.1) is 11.8 Å². The number of rotatable bonds is 8. The summed E-state index contributed by atoms with van der Waals surface area (Å²) < 4.78 is 39.9. The first-order chi connectivity index (χ1) is 15.8. The summed E-state index contributed by atoms with van der Waals surface area (Å²) in [5.74, 6) is 1.05. The van der Waals surface area contributed by atoms with Crippen molar-refractivity contribution in [3.8, 4) is 11.5 Å². The van der Waals surface area contributed by atoms with Crippen LogP contribution in [0.5, 0.6) is 11.5 Å². The Bertz CT molecular complexity index is 1080. The molecule has 0 saturated carbocycles. The smallest absolute Gasteiger partial charge is 0.255 e. The molecule has 1 heterocycles. The molecule has 7 nitrogen and oxygen atoms in total. The predicted molar refractivity (Wildman–Crippen MR) is 131 cm³/mol. The second-order valence-electron chi connectivity index (χ2n) is 8.02. The summed E-state index contributed by atoms with van der Waals surface area (Å²) in [7, 11) is -0.809. The zero-order chi connectivity index (χ0) is 24.0. The van der Waals surface area contributed by atoms with Crippen LogP contribution in [0.3, 0.4) is 0 Å². The van der Waals surface area contributed by atoms with Crippen molar-refractivity contribution in [2.45, 2.75) is 48.4 Å². The van der Waals surface area contributed by atoms with E-state index in [1.165, 1.54) is 24.9 Å². The van der Waals surface area contributed by atoms with Crippen LogP contribution in [0.1, 0.15) is 54.6 Å². The summed E-state index contributed by atoms with van der Waals surface area (Å²) in [6.45, 7) is 3.15. The summed E-state index contributed by atoms with van der Waals surface area (Å²) in [5.41, 5.74) is 1.08. The topological polar surface area (TPSA) is 84.9 Å². The number of amides is 1. The average Bonchev–Trinajstić information content (AvgIpc) is 3.12. The molecule has 1 aliphatic rings. The Morgan fingerprint density at radius 2 is 1.73 bits per heavy atom. The predicted octanol–water partition coefficient (Wildman–Crippen LogP) is 4.48. The van der Waals surface area contributed by atoms with Crippen LogP contribution in [0.4, 0.5) is 0 Å². The molecule has 1 fully saturated rings. The molecule has 1 atom stereocenters. The van der Waals surface area contributed by atoms with Crippen LogP contribution in [-0.2, 0) is 10.0 Å². The van der Waals surface area contributed by atoms with Crippen LogP contribution in [0.2, 0.25) is 0 Å². The fourth-order valence-electron chi connectivity index (χ4n) is 4.01. The molecule has 0 spiro atoms. The molecule has 2 aromatic carbocycles. The van der Waals surface area contributed by atoms with Gasteiger partial charge in [0, 0.05) is 29.6 Å². The molecule has 0 aromatic heterocycles. The van der Waals surface area contributed by atoms with E-state index in [0.29, 0.717) is 35.7 Å². The Balaban J connectivity index is 1.90. The number of carbonyl (C=O) groups is 1. The van der Waals surface area contributed by atoms with Crippen molar-refractivity contribution in [3.63, 3.8) is 0 Å². The van der Waals surface area contributed by atoms with Gasteiger partial charge in [0.1, 0.15) is 11.5 Å². The lowest BCUT2D eigenvalue weighted by atomic mass is 10.1. The Morgan fingerprint density at radius 3 is 2.33 bits per heavy atom. The maximum absolute atomic E-state index is 13.3. The van der Waals surface area contributed by atoms with E-state index in [2.05, 4.69) is 4.72 Å². The van der Waals surface area contributed by atoms with Crippen molar-refractivity contribution in [1.29, 1.82) is 0 Å². The Kier molecular flexibility index (Phi) is 8.67. The lowest BCUT2D eigenvalue weighted by Gasteiger charge is -2.22. The number of benzene rings is 2. The lowest BCUT2D eigenvalue weighted by Crippen LogP contribution is -2.32. The fourth-order valence-corrected chi connectivity index (χ4v) is 5.83. The van der Waals surface area contributed by atoms with Crippen LogP contribution in [0.15, 0.2) is 46.2 Å². The highest BCUT2D eigenvalue weighted by Crippen LogP contribution is 2.31. The number of thioether (sulfide) groups is 1. The first-order valence-corrected chi connectivity index (χ1v) is 13.7. The van der Waals surface area contributed by atoms with Gasteiger partial charge in [-0.2, -0.15) is 0 Å². The summed E-state index contributed by atoms with van der Waals surface area (Å²) in [5, 5.41) is 0. The molecule has 0 radical (unpaired) electrons. The van der Waals surface area contributed by atoms with Crippen LogP contribution in [-0.4, -0.2) is 52.8 Å².